The van der Waals surface area contributed by atoms with Gasteiger partial charge in [-0.05, 0) is 25.3 Å². The first-order valence-electron chi connectivity index (χ1n) is 5.69. The Balaban J connectivity index is 2.00. The largest absolute Gasteiger partial charge is 0.336 e. The lowest BCUT2D eigenvalue weighted by Crippen LogP contribution is -2.40. The number of hydrogen-bond acceptors (Lipinski definition) is 3. The second-order valence-corrected chi connectivity index (χ2v) is 4.33. The van der Waals surface area contributed by atoms with Crippen molar-refractivity contribution in [1.29, 1.82) is 0 Å². The Morgan fingerprint density at radius 3 is 2.75 bits per heavy atom. The van der Waals surface area contributed by atoms with Gasteiger partial charge in [0, 0.05) is 32.5 Å². The van der Waals surface area contributed by atoms with Crippen molar-refractivity contribution >= 4 is 5.91 Å². The minimum Gasteiger partial charge on any atom is -0.336 e. The lowest BCUT2D eigenvalue weighted by molar-refractivity contribution is 0.0677. The summed E-state index contributed by atoms with van der Waals surface area (Å²) in [5.74, 6) is 1.12. The Bertz CT molecular complexity index is 366. The van der Waals surface area contributed by atoms with Gasteiger partial charge in [-0.25, -0.2) is 4.98 Å². The van der Waals surface area contributed by atoms with Gasteiger partial charge in [0.25, 0.3) is 5.91 Å². The van der Waals surface area contributed by atoms with Crippen LogP contribution in [0.25, 0.3) is 0 Å². The predicted molar refractivity (Wildman–Crippen MR) is 60.9 cm³/mol. The SMILES string of the molecule is Cn1ccnc1C(=O)N1CCC(CN)CC1. The summed E-state index contributed by atoms with van der Waals surface area (Å²) in [6, 6.07) is 0. The van der Waals surface area contributed by atoms with Gasteiger partial charge in [0.1, 0.15) is 0 Å². The Hall–Kier alpha value is -1.36. The number of hydrogen-bond donors (Lipinski definition) is 1. The van der Waals surface area contributed by atoms with Gasteiger partial charge in [0.2, 0.25) is 0 Å². The molecule has 88 valence electrons. The van der Waals surface area contributed by atoms with Crippen molar-refractivity contribution in [3.8, 4) is 0 Å². The number of carbonyl (C=O) groups excluding carboxylic acids is 1. The highest BCUT2D eigenvalue weighted by Crippen LogP contribution is 2.17. The minimum absolute atomic E-state index is 0.0305. The number of carbonyl (C=O) groups is 1. The van der Waals surface area contributed by atoms with E-state index in [2.05, 4.69) is 4.98 Å². The van der Waals surface area contributed by atoms with E-state index in [1.54, 1.807) is 17.0 Å². The average Bonchev–Trinajstić information content (AvgIpc) is 2.75. The average molecular weight is 222 g/mol. The maximum absolute atomic E-state index is 12.1. The van der Waals surface area contributed by atoms with Crippen LogP contribution in [0.4, 0.5) is 0 Å². The lowest BCUT2D eigenvalue weighted by atomic mass is 9.97. The molecular weight excluding hydrogens is 204 g/mol. The summed E-state index contributed by atoms with van der Waals surface area (Å²) in [4.78, 5) is 18.0. The van der Waals surface area contributed by atoms with E-state index in [0.717, 1.165) is 32.5 Å². The van der Waals surface area contributed by atoms with Crippen LogP contribution < -0.4 is 5.73 Å². The fourth-order valence-electron chi connectivity index (χ4n) is 2.08. The first-order chi connectivity index (χ1) is 7.72. The number of nitrogens with two attached hydrogens (primary N) is 1. The third-order valence-electron chi connectivity index (χ3n) is 3.25. The zero-order chi connectivity index (χ0) is 11.5. The van der Waals surface area contributed by atoms with Crippen molar-refractivity contribution in [3.63, 3.8) is 0 Å². The van der Waals surface area contributed by atoms with Gasteiger partial charge in [0.05, 0.1) is 0 Å². The maximum Gasteiger partial charge on any atom is 0.289 e. The molecule has 0 radical (unpaired) electrons. The molecule has 0 saturated carbocycles. The lowest BCUT2D eigenvalue weighted by Gasteiger charge is -2.31. The highest BCUT2D eigenvalue weighted by Gasteiger charge is 2.24. The molecule has 0 bridgehead atoms. The molecule has 1 aromatic rings. The minimum atomic E-state index is 0.0305. The molecule has 0 unspecified atom stereocenters. The van der Waals surface area contributed by atoms with Crippen LogP contribution in [0.5, 0.6) is 0 Å². The number of imidazole rings is 1. The summed E-state index contributed by atoms with van der Waals surface area (Å²) in [6.07, 6.45) is 5.46. The predicted octanol–water partition coefficient (Wildman–Crippen LogP) is 0.231. The van der Waals surface area contributed by atoms with E-state index in [4.69, 9.17) is 5.73 Å². The van der Waals surface area contributed by atoms with Gasteiger partial charge in [0.15, 0.2) is 5.82 Å². The summed E-state index contributed by atoms with van der Waals surface area (Å²) in [7, 11) is 1.84. The van der Waals surface area contributed by atoms with Crippen molar-refractivity contribution in [2.45, 2.75) is 12.8 Å². The zero-order valence-electron chi connectivity index (χ0n) is 9.59. The van der Waals surface area contributed by atoms with Crippen LogP contribution in [-0.2, 0) is 7.05 Å². The molecule has 2 rings (SSSR count). The summed E-state index contributed by atoms with van der Waals surface area (Å²) in [5.41, 5.74) is 5.62. The Morgan fingerprint density at radius 1 is 1.56 bits per heavy atom. The highest BCUT2D eigenvalue weighted by atomic mass is 16.2. The number of likely N-dealkylation sites (tertiary alicyclic amines) is 1. The monoisotopic (exact) mass is 222 g/mol. The van der Waals surface area contributed by atoms with Gasteiger partial charge < -0.3 is 15.2 Å². The third kappa shape index (κ3) is 2.09. The van der Waals surface area contributed by atoms with Gasteiger partial charge in [-0.1, -0.05) is 0 Å². The van der Waals surface area contributed by atoms with Crippen LogP contribution in [0.1, 0.15) is 23.5 Å². The van der Waals surface area contributed by atoms with Gasteiger partial charge in [-0.2, -0.15) is 0 Å². The quantitative estimate of drug-likeness (QED) is 0.779. The summed E-state index contributed by atoms with van der Waals surface area (Å²) >= 11 is 0. The van der Waals surface area contributed by atoms with E-state index in [-0.39, 0.29) is 5.91 Å². The van der Waals surface area contributed by atoms with Gasteiger partial charge in [-0.3, -0.25) is 4.79 Å². The van der Waals surface area contributed by atoms with E-state index in [9.17, 15) is 4.79 Å². The molecule has 5 heteroatoms. The molecule has 2 heterocycles. The van der Waals surface area contributed by atoms with E-state index in [1.807, 2.05) is 11.9 Å². The van der Waals surface area contributed by atoms with Crippen LogP contribution in [0.15, 0.2) is 12.4 Å². The maximum atomic E-state index is 12.1. The van der Waals surface area contributed by atoms with Crippen LogP contribution in [-0.4, -0.2) is 40.0 Å². The van der Waals surface area contributed by atoms with Crippen molar-refractivity contribution in [2.24, 2.45) is 18.7 Å². The van der Waals surface area contributed by atoms with Crippen LogP contribution in [0, 0.1) is 5.92 Å². The second kappa shape index (κ2) is 4.65. The van der Waals surface area contributed by atoms with Crippen molar-refractivity contribution in [2.75, 3.05) is 19.6 Å². The Kier molecular flexibility index (Phi) is 3.24. The molecule has 16 heavy (non-hydrogen) atoms. The van der Waals surface area contributed by atoms with E-state index in [1.165, 1.54) is 0 Å². The molecule has 1 aliphatic rings. The summed E-state index contributed by atoms with van der Waals surface area (Å²) in [5, 5.41) is 0. The number of rotatable bonds is 2. The number of aromatic nitrogens is 2. The number of nitrogens with zero attached hydrogens (tertiary/aromatic N) is 3. The molecule has 0 atom stereocenters. The number of aryl methyl sites for hydroxylation is 1. The fourth-order valence-corrected chi connectivity index (χ4v) is 2.08. The summed E-state index contributed by atoms with van der Waals surface area (Å²) < 4.78 is 1.76. The first kappa shape index (κ1) is 11.1. The highest BCUT2D eigenvalue weighted by molar-refractivity contribution is 5.90. The molecule has 1 aliphatic heterocycles. The zero-order valence-corrected chi connectivity index (χ0v) is 9.59. The molecule has 5 nitrogen and oxygen atoms in total. The fraction of sp³-hybridized carbons (Fsp3) is 0.636. The molecule has 0 spiro atoms. The normalized spacial score (nSPS) is 17.8. The van der Waals surface area contributed by atoms with Crippen LogP contribution >= 0.6 is 0 Å². The number of amides is 1. The third-order valence-corrected chi connectivity index (χ3v) is 3.25. The van der Waals surface area contributed by atoms with E-state index < -0.39 is 0 Å². The first-order valence-corrected chi connectivity index (χ1v) is 5.69. The van der Waals surface area contributed by atoms with Crippen LogP contribution in [0.3, 0.4) is 0 Å². The topological polar surface area (TPSA) is 64.2 Å². The van der Waals surface area contributed by atoms with Crippen molar-refractivity contribution in [3.05, 3.63) is 18.2 Å². The molecule has 1 saturated heterocycles. The molecule has 1 amide bonds. The summed E-state index contributed by atoms with van der Waals surface area (Å²) in [6.45, 7) is 2.32. The number of piperidine rings is 1. The molecule has 0 aromatic carbocycles. The molecule has 2 N–H and O–H groups in total. The van der Waals surface area contributed by atoms with Gasteiger partial charge in [-0.15, -0.1) is 0 Å². The van der Waals surface area contributed by atoms with E-state index >= 15 is 0 Å². The Labute approximate surface area is 95.2 Å². The van der Waals surface area contributed by atoms with Crippen molar-refractivity contribution < 1.29 is 4.79 Å². The second-order valence-electron chi connectivity index (χ2n) is 4.33. The molecule has 1 aromatic heterocycles. The molecule has 0 aliphatic carbocycles. The van der Waals surface area contributed by atoms with Gasteiger partial charge >= 0.3 is 0 Å². The standard InChI is InChI=1S/C11H18N4O/c1-14-7-4-13-10(14)11(16)15-5-2-9(8-12)3-6-15/h4,7,9H,2-3,5-6,8,12H2,1H3. The van der Waals surface area contributed by atoms with Crippen molar-refractivity contribution in [1.82, 2.24) is 14.5 Å². The smallest absolute Gasteiger partial charge is 0.289 e. The Morgan fingerprint density at radius 2 is 2.25 bits per heavy atom. The van der Waals surface area contributed by atoms with E-state index in [0.29, 0.717) is 11.7 Å². The van der Waals surface area contributed by atoms with Crippen LogP contribution in [0.2, 0.25) is 0 Å². The molecule has 1 fully saturated rings. The molecular formula is C11H18N4O.